The van der Waals surface area contributed by atoms with Gasteiger partial charge in [-0.05, 0) is 49.9 Å². The first kappa shape index (κ1) is 16.6. The van der Waals surface area contributed by atoms with Crippen LogP contribution in [0.3, 0.4) is 0 Å². The smallest absolute Gasteiger partial charge is 0.315 e. The monoisotopic (exact) mass is 305 g/mol. The molecule has 2 rings (SSSR count). The summed E-state index contributed by atoms with van der Waals surface area (Å²) in [6.07, 6.45) is 2.56. The molecule has 2 atom stereocenters. The summed E-state index contributed by atoms with van der Waals surface area (Å²) < 4.78 is 0. The maximum Gasteiger partial charge on any atom is 0.315 e. The number of benzene rings is 1. The van der Waals surface area contributed by atoms with Crippen molar-refractivity contribution in [3.63, 3.8) is 0 Å². The number of phenolic OH excluding ortho intramolecular Hbond substituents is 1. The highest BCUT2D eigenvalue weighted by Crippen LogP contribution is 2.15. The quantitative estimate of drug-likeness (QED) is 0.782. The Bertz CT molecular complexity index is 493. The normalized spacial score (nSPS) is 20.4. The van der Waals surface area contributed by atoms with Gasteiger partial charge in [0.25, 0.3) is 0 Å². The SMILES string of the molecule is CC1CCCN(CC(C)NC(=O)NCc2cccc(O)c2)C1. The minimum Gasteiger partial charge on any atom is -0.508 e. The number of piperidine rings is 1. The predicted octanol–water partition coefficient (Wildman–Crippen LogP) is 2.31. The lowest BCUT2D eigenvalue weighted by atomic mass is 10.00. The van der Waals surface area contributed by atoms with Gasteiger partial charge in [-0.15, -0.1) is 0 Å². The summed E-state index contributed by atoms with van der Waals surface area (Å²) in [7, 11) is 0. The topological polar surface area (TPSA) is 64.6 Å². The second-order valence-electron chi connectivity index (χ2n) is 6.40. The molecule has 1 aliphatic rings. The Balaban J connectivity index is 1.69. The fourth-order valence-corrected chi connectivity index (χ4v) is 3.01. The average molecular weight is 305 g/mol. The highest BCUT2D eigenvalue weighted by Gasteiger charge is 2.18. The Labute approximate surface area is 132 Å². The van der Waals surface area contributed by atoms with E-state index in [1.165, 1.54) is 12.8 Å². The minimum absolute atomic E-state index is 0.120. The van der Waals surface area contributed by atoms with Crippen molar-refractivity contribution < 1.29 is 9.90 Å². The number of carbonyl (C=O) groups excluding carboxylic acids is 1. The van der Waals surface area contributed by atoms with E-state index >= 15 is 0 Å². The minimum atomic E-state index is -0.166. The van der Waals surface area contributed by atoms with Gasteiger partial charge in [-0.1, -0.05) is 19.1 Å². The molecule has 1 heterocycles. The predicted molar refractivity (Wildman–Crippen MR) is 87.8 cm³/mol. The molecule has 0 saturated carbocycles. The molecule has 0 bridgehead atoms. The zero-order valence-electron chi connectivity index (χ0n) is 13.5. The van der Waals surface area contributed by atoms with Crippen molar-refractivity contribution in [2.75, 3.05) is 19.6 Å². The first-order valence-electron chi connectivity index (χ1n) is 8.07. The van der Waals surface area contributed by atoms with E-state index in [-0.39, 0.29) is 17.8 Å². The van der Waals surface area contributed by atoms with Gasteiger partial charge in [0, 0.05) is 25.7 Å². The highest BCUT2D eigenvalue weighted by atomic mass is 16.3. The molecule has 1 aromatic carbocycles. The Morgan fingerprint density at radius 3 is 3.05 bits per heavy atom. The van der Waals surface area contributed by atoms with Crippen molar-refractivity contribution in [2.45, 2.75) is 39.3 Å². The Morgan fingerprint density at radius 1 is 1.50 bits per heavy atom. The van der Waals surface area contributed by atoms with E-state index in [9.17, 15) is 9.90 Å². The lowest BCUT2D eigenvalue weighted by Gasteiger charge is -2.32. The van der Waals surface area contributed by atoms with Gasteiger partial charge in [0.2, 0.25) is 0 Å². The maximum absolute atomic E-state index is 11.9. The summed E-state index contributed by atoms with van der Waals surface area (Å²) in [5.41, 5.74) is 0.882. The molecular formula is C17H27N3O2. The number of rotatable bonds is 5. The van der Waals surface area contributed by atoms with E-state index in [0.29, 0.717) is 6.54 Å². The number of nitrogens with zero attached hydrogens (tertiary/aromatic N) is 1. The lowest BCUT2D eigenvalue weighted by molar-refractivity contribution is 0.169. The fraction of sp³-hybridized carbons (Fsp3) is 0.588. The van der Waals surface area contributed by atoms with Gasteiger partial charge in [-0.3, -0.25) is 0 Å². The zero-order valence-corrected chi connectivity index (χ0v) is 13.5. The number of likely N-dealkylation sites (tertiary alicyclic amines) is 1. The van der Waals surface area contributed by atoms with Crippen LogP contribution in [0.2, 0.25) is 0 Å². The van der Waals surface area contributed by atoms with E-state index in [0.717, 1.165) is 31.1 Å². The van der Waals surface area contributed by atoms with Gasteiger partial charge < -0.3 is 20.6 Å². The number of urea groups is 1. The Morgan fingerprint density at radius 2 is 2.32 bits per heavy atom. The molecule has 2 amide bonds. The molecule has 1 aliphatic heterocycles. The van der Waals surface area contributed by atoms with Crippen LogP contribution in [0, 0.1) is 5.92 Å². The summed E-state index contributed by atoms with van der Waals surface area (Å²) >= 11 is 0. The number of carbonyl (C=O) groups is 1. The van der Waals surface area contributed by atoms with Gasteiger partial charge in [-0.2, -0.15) is 0 Å². The van der Waals surface area contributed by atoms with Gasteiger partial charge >= 0.3 is 6.03 Å². The molecule has 3 N–H and O–H groups in total. The molecule has 0 aromatic heterocycles. The third-order valence-electron chi connectivity index (χ3n) is 4.01. The zero-order chi connectivity index (χ0) is 15.9. The van der Waals surface area contributed by atoms with Crippen LogP contribution in [0.5, 0.6) is 5.75 Å². The van der Waals surface area contributed by atoms with Crippen LogP contribution >= 0.6 is 0 Å². The Kier molecular flexibility index (Phi) is 6.07. The van der Waals surface area contributed by atoms with Crippen molar-refractivity contribution in [1.29, 1.82) is 0 Å². The second kappa shape index (κ2) is 8.03. The molecule has 0 aliphatic carbocycles. The van der Waals surface area contributed by atoms with E-state index in [4.69, 9.17) is 0 Å². The number of hydrogen-bond acceptors (Lipinski definition) is 3. The van der Waals surface area contributed by atoms with E-state index in [1.54, 1.807) is 18.2 Å². The van der Waals surface area contributed by atoms with Crippen LogP contribution < -0.4 is 10.6 Å². The number of amides is 2. The summed E-state index contributed by atoms with van der Waals surface area (Å²) in [5, 5.41) is 15.2. The largest absolute Gasteiger partial charge is 0.508 e. The first-order chi connectivity index (χ1) is 10.5. The summed E-state index contributed by atoms with van der Waals surface area (Å²) in [6, 6.07) is 6.86. The van der Waals surface area contributed by atoms with Crippen LogP contribution in [0.4, 0.5) is 4.79 Å². The van der Waals surface area contributed by atoms with Gasteiger partial charge in [0.05, 0.1) is 0 Å². The molecule has 0 spiro atoms. The summed E-state index contributed by atoms with van der Waals surface area (Å²) in [6.45, 7) is 7.87. The van der Waals surface area contributed by atoms with Crippen LogP contribution in [0.25, 0.3) is 0 Å². The molecule has 1 aromatic rings. The van der Waals surface area contributed by atoms with Crippen LogP contribution in [0.1, 0.15) is 32.3 Å². The second-order valence-corrected chi connectivity index (χ2v) is 6.40. The van der Waals surface area contributed by atoms with E-state index < -0.39 is 0 Å². The fourth-order valence-electron chi connectivity index (χ4n) is 3.01. The number of hydrogen-bond donors (Lipinski definition) is 3. The van der Waals surface area contributed by atoms with Gasteiger partial charge in [0.1, 0.15) is 5.75 Å². The van der Waals surface area contributed by atoms with Crippen molar-refractivity contribution >= 4 is 6.03 Å². The van der Waals surface area contributed by atoms with Crippen LogP contribution in [-0.4, -0.2) is 41.7 Å². The maximum atomic E-state index is 11.9. The summed E-state index contributed by atoms with van der Waals surface area (Å²) in [4.78, 5) is 14.3. The van der Waals surface area contributed by atoms with Crippen molar-refractivity contribution in [1.82, 2.24) is 15.5 Å². The molecule has 5 nitrogen and oxygen atoms in total. The molecule has 22 heavy (non-hydrogen) atoms. The third-order valence-corrected chi connectivity index (χ3v) is 4.01. The molecule has 2 unspecified atom stereocenters. The molecule has 122 valence electrons. The van der Waals surface area contributed by atoms with Gasteiger partial charge in [-0.25, -0.2) is 4.79 Å². The van der Waals surface area contributed by atoms with Crippen molar-refractivity contribution in [3.8, 4) is 5.75 Å². The van der Waals surface area contributed by atoms with E-state index in [1.807, 2.05) is 13.0 Å². The number of aromatic hydroxyl groups is 1. The first-order valence-corrected chi connectivity index (χ1v) is 8.07. The van der Waals surface area contributed by atoms with Crippen LogP contribution in [-0.2, 0) is 6.54 Å². The third kappa shape index (κ3) is 5.56. The molecule has 1 fully saturated rings. The van der Waals surface area contributed by atoms with Gasteiger partial charge in [0.15, 0.2) is 0 Å². The van der Waals surface area contributed by atoms with E-state index in [2.05, 4.69) is 22.5 Å². The standard InChI is InChI=1S/C17H27N3O2/c1-13-5-4-8-20(11-13)12-14(2)19-17(22)18-10-15-6-3-7-16(21)9-15/h3,6-7,9,13-14,21H,4-5,8,10-12H2,1-2H3,(H2,18,19,22). The molecular weight excluding hydrogens is 278 g/mol. The number of nitrogens with one attached hydrogen (secondary N) is 2. The Hall–Kier alpha value is -1.75. The molecule has 1 saturated heterocycles. The molecule has 5 heteroatoms. The average Bonchev–Trinajstić information content (AvgIpc) is 2.45. The van der Waals surface area contributed by atoms with Crippen LogP contribution in [0.15, 0.2) is 24.3 Å². The van der Waals surface area contributed by atoms with Crippen molar-refractivity contribution in [2.24, 2.45) is 5.92 Å². The lowest BCUT2D eigenvalue weighted by Crippen LogP contribution is -2.47. The van der Waals surface area contributed by atoms with Crippen molar-refractivity contribution in [3.05, 3.63) is 29.8 Å². The molecule has 0 radical (unpaired) electrons. The number of phenols is 1. The highest BCUT2D eigenvalue weighted by molar-refractivity contribution is 5.74. The summed E-state index contributed by atoms with van der Waals surface area (Å²) in [5.74, 6) is 0.966.